The fourth-order valence-electron chi connectivity index (χ4n) is 3.34. The van der Waals surface area contributed by atoms with Gasteiger partial charge in [-0.25, -0.2) is 0 Å². The lowest BCUT2D eigenvalue weighted by Crippen LogP contribution is -2.36. The van der Waals surface area contributed by atoms with Gasteiger partial charge in [-0.1, -0.05) is 0 Å². The fraction of sp³-hybridized carbons (Fsp3) is 0.300. The molecule has 0 saturated carbocycles. The molecule has 0 aliphatic carbocycles. The van der Waals surface area contributed by atoms with E-state index in [1.165, 1.54) is 6.07 Å². The molecule has 0 atom stereocenters. The van der Waals surface area contributed by atoms with Crippen LogP contribution in [0.2, 0.25) is 0 Å². The van der Waals surface area contributed by atoms with Gasteiger partial charge in [0.2, 0.25) is 0 Å². The largest absolute Gasteiger partial charge is 0.486 e. The minimum absolute atomic E-state index is 0.0216. The minimum Gasteiger partial charge on any atom is -0.486 e. The van der Waals surface area contributed by atoms with Crippen LogP contribution in [0.3, 0.4) is 0 Å². The Labute approximate surface area is 183 Å². The minimum atomic E-state index is -0.438. The molecule has 0 bridgehead atoms. The molecule has 0 spiro atoms. The Morgan fingerprint density at radius 1 is 1.03 bits per heavy atom. The van der Waals surface area contributed by atoms with Gasteiger partial charge in [-0.3, -0.25) is 20.2 Å². The van der Waals surface area contributed by atoms with Crippen molar-refractivity contribution in [3.63, 3.8) is 0 Å². The van der Waals surface area contributed by atoms with Crippen LogP contribution in [-0.4, -0.2) is 55.5 Å². The van der Waals surface area contributed by atoms with Crippen molar-refractivity contribution < 1.29 is 23.9 Å². The van der Waals surface area contributed by atoms with Crippen molar-refractivity contribution in [2.45, 2.75) is 0 Å². The SMILES string of the molecule is O=C(NC(=S)Nc1ccc(N2CCOCC2)c([N+](=O)[O-])c1)c1ccc2c(c1)OCCO2. The molecule has 11 heteroatoms. The van der Waals surface area contributed by atoms with E-state index in [-0.39, 0.29) is 10.8 Å². The summed E-state index contributed by atoms with van der Waals surface area (Å²) in [4.78, 5) is 25.6. The molecule has 31 heavy (non-hydrogen) atoms. The number of nitrogens with zero attached hydrogens (tertiary/aromatic N) is 2. The first kappa shape index (κ1) is 20.8. The van der Waals surface area contributed by atoms with Crippen LogP contribution in [0.5, 0.6) is 11.5 Å². The van der Waals surface area contributed by atoms with Gasteiger partial charge in [0.05, 0.1) is 18.1 Å². The summed E-state index contributed by atoms with van der Waals surface area (Å²) in [6.07, 6.45) is 0. The zero-order valence-corrected chi connectivity index (χ0v) is 17.3. The molecule has 10 nitrogen and oxygen atoms in total. The molecule has 2 heterocycles. The Bertz CT molecular complexity index is 1020. The number of ether oxygens (including phenoxy) is 3. The predicted molar refractivity (Wildman–Crippen MR) is 117 cm³/mol. The zero-order chi connectivity index (χ0) is 21.8. The van der Waals surface area contributed by atoms with Crippen molar-refractivity contribution in [2.24, 2.45) is 0 Å². The number of fused-ring (bicyclic) bond motifs is 1. The predicted octanol–water partition coefficient (Wildman–Crippen LogP) is 2.33. The van der Waals surface area contributed by atoms with Crippen LogP contribution >= 0.6 is 12.2 Å². The van der Waals surface area contributed by atoms with Gasteiger partial charge >= 0.3 is 0 Å². The first-order valence-electron chi connectivity index (χ1n) is 9.64. The summed E-state index contributed by atoms with van der Waals surface area (Å²) in [5, 5.41) is 17.0. The molecule has 0 radical (unpaired) electrons. The first-order chi connectivity index (χ1) is 15.0. The van der Waals surface area contributed by atoms with Gasteiger partial charge in [-0.05, 0) is 42.5 Å². The molecular weight excluding hydrogens is 424 g/mol. The summed E-state index contributed by atoms with van der Waals surface area (Å²) in [5.74, 6) is 0.636. The Morgan fingerprint density at radius 3 is 2.52 bits per heavy atom. The molecule has 0 aromatic heterocycles. The van der Waals surface area contributed by atoms with Crippen molar-refractivity contribution in [2.75, 3.05) is 49.7 Å². The number of nitrogens with one attached hydrogen (secondary N) is 2. The summed E-state index contributed by atoms with van der Waals surface area (Å²) in [7, 11) is 0. The van der Waals surface area contributed by atoms with E-state index in [9.17, 15) is 14.9 Å². The lowest BCUT2D eigenvalue weighted by atomic mass is 10.2. The monoisotopic (exact) mass is 444 g/mol. The Morgan fingerprint density at radius 2 is 1.77 bits per heavy atom. The van der Waals surface area contributed by atoms with E-state index in [0.717, 1.165) is 0 Å². The van der Waals surface area contributed by atoms with Crippen LogP contribution in [0.25, 0.3) is 0 Å². The van der Waals surface area contributed by atoms with E-state index in [1.807, 2.05) is 4.90 Å². The molecule has 2 aromatic rings. The van der Waals surface area contributed by atoms with Gasteiger partial charge in [-0.2, -0.15) is 0 Å². The van der Waals surface area contributed by atoms with Gasteiger partial charge in [-0.15, -0.1) is 0 Å². The molecule has 0 unspecified atom stereocenters. The van der Waals surface area contributed by atoms with Crippen molar-refractivity contribution in [3.8, 4) is 11.5 Å². The average molecular weight is 444 g/mol. The first-order valence-corrected chi connectivity index (χ1v) is 10.1. The third-order valence-electron chi connectivity index (χ3n) is 4.81. The van der Waals surface area contributed by atoms with Crippen molar-refractivity contribution in [1.82, 2.24) is 5.32 Å². The van der Waals surface area contributed by atoms with E-state index >= 15 is 0 Å². The third-order valence-corrected chi connectivity index (χ3v) is 5.02. The number of anilines is 2. The number of carbonyl (C=O) groups excluding carboxylic acids is 1. The molecule has 2 N–H and O–H groups in total. The Balaban J connectivity index is 1.43. The van der Waals surface area contributed by atoms with Crippen molar-refractivity contribution in [1.29, 1.82) is 0 Å². The number of nitro benzene ring substituents is 1. The molecule has 2 aliphatic rings. The van der Waals surface area contributed by atoms with Gasteiger partial charge in [0, 0.05) is 30.4 Å². The molecular formula is C20H20N4O6S. The molecule has 4 rings (SSSR count). The van der Waals surface area contributed by atoms with Crippen molar-refractivity contribution >= 4 is 40.3 Å². The van der Waals surface area contributed by atoms with Crippen LogP contribution in [0.15, 0.2) is 36.4 Å². The molecule has 1 amide bonds. The van der Waals surface area contributed by atoms with Gasteiger partial charge in [0.1, 0.15) is 18.9 Å². The van der Waals surface area contributed by atoms with Crippen LogP contribution in [0, 0.1) is 10.1 Å². The highest BCUT2D eigenvalue weighted by molar-refractivity contribution is 7.80. The highest BCUT2D eigenvalue weighted by Gasteiger charge is 2.22. The summed E-state index contributed by atoms with van der Waals surface area (Å²) < 4.78 is 16.2. The average Bonchev–Trinajstić information content (AvgIpc) is 2.79. The molecule has 1 fully saturated rings. The molecule has 2 aromatic carbocycles. The van der Waals surface area contributed by atoms with Gasteiger partial charge in [0.25, 0.3) is 11.6 Å². The van der Waals surface area contributed by atoms with Crippen molar-refractivity contribution in [3.05, 3.63) is 52.1 Å². The Hall–Kier alpha value is -3.44. The number of thiocarbonyl (C=S) groups is 1. The molecule has 162 valence electrons. The second-order valence-electron chi connectivity index (χ2n) is 6.83. The molecule has 2 aliphatic heterocycles. The van der Waals surface area contributed by atoms with Crippen LogP contribution < -0.4 is 25.0 Å². The van der Waals surface area contributed by atoms with E-state index in [4.69, 9.17) is 26.4 Å². The number of hydrogen-bond donors (Lipinski definition) is 2. The number of rotatable bonds is 4. The number of nitro groups is 1. The van der Waals surface area contributed by atoms with Crippen LogP contribution in [-0.2, 0) is 4.74 Å². The zero-order valence-electron chi connectivity index (χ0n) is 16.5. The van der Waals surface area contributed by atoms with Crippen LogP contribution in [0.4, 0.5) is 17.1 Å². The smallest absolute Gasteiger partial charge is 0.294 e. The summed E-state index contributed by atoms with van der Waals surface area (Å²) in [6.45, 7) is 3.08. The van der Waals surface area contributed by atoms with E-state index in [2.05, 4.69) is 10.6 Å². The maximum atomic E-state index is 12.5. The second kappa shape index (κ2) is 9.14. The van der Waals surface area contributed by atoms with E-state index in [1.54, 1.807) is 30.3 Å². The van der Waals surface area contributed by atoms with Gasteiger partial charge in [0.15, 0.2) is 16.6 Å². The number of morpholine rings is 1. The number of benzene rings is 2. The van der Waals surface area contributed by atoms with E-state index < -0.39 is 10.8 Å². The normalized spacial score (nSPS) is 15.2. The lowest BCUT2D eigenvalue weighted by Gasteiger charge is -2.28. The maximum absolute atomic E-state index is 12.5. The van der Waals surface area contributed by atoms with E-state index in [0.29, 0.717) is 68.0 Å². The lowest BCUT2D eigenvalue weighted by molar-refractivity contribution is -0.384. The topological polar surface area (TPSA) is 115 Å². The standard InChI is InChI=1S/C20H20N4O6S/c25-19(13-1-4-17-18(11-13)30-10-9-29-17)22-20(31)21-14-2-3-15(16(12-14)24(26)27)23-5-7-28-8-6-23/h1-4,11-12H,5-10H2,(H2,21,22,25,31). The van der Waals surface area contributed by atoms with Gasteiger partial charge < -0.3 is 24.4 Å². The maximum Gasteiger partial charge on any atom is 0.294 e. The highest BCUT2D eigenvalue weighted by atomic mass is 32.1. The fourth-order valence-corrected chi connectivity index (χ4v) is 3.55. The number of amides is 1. The third kappa shape index (κ3) is 4.84. The number of hydrogen-bond acceptors (Lipinski definition) is 8. The quantitative estimate of drug-likeness (QED) is 0.416. The van der Waals surface area contributed by atoms with Crippen LogP contribution in [0.1, 0.15) is 10.4 Å². The number of carbonyl (C=O) groups is 1. The highest BCUT2D eigenvalue weighted by Crippen LogP contribution is 2.32. The second-order valence-corrected chi connectivity index (χ2v) is 7.23. The Kier molecular flexibility index (Phi) is 6.14. The molecule has 1 saturated heterocycles. The summed E-state index contributed by atoms with van der Waals surface area (Å²) in [6, 6.07) is 9.58. The summed E-state index contributed by atoms with van der Waals surface area (Å²) >= 11 is 5.20. The summed E-state index contributed by atoms with van der Waals surface area (Å²) in [5.41, 5.74) is 1.22.